The predicted octanol–water partition coefficient (Wildman–Crippen LogP) is 0.231. The molecule has 3 heterocycles. The van der Waals surface area contributed by atoms with E-state index in [9.17, 15) is 9.59 Å². The van der Waals surface area contributed by atoms with Gasteiger partial charge in [-0.1, -0.05) is 0 Å². The van der Waals surface area contributed by atoms with Gasteiger partial charge in [0.2, 0.25) is 5.56 Å². The van der Waals surface area contributed by atoms with Crippen molar-refractivity contribution in [3.63, 3.8) is 0 Å². The lowest BCUT2D eigenvalue weighted by molar-refractivity contribution is 1.09. The number of rotatable bonds is 0. The molecule has 1 N–H and O–H groups in total. The van der Waals surface area contributed by atoms with Crippen molar-refractivity contribution in [1.82, 2.24) is 13.5 Å². The van der Waals surface area contributed by atoms with Gasteiger partial charge in [0.15, 0.2) is 5.43 Å². The van der Waals surface area contributed by atoms with Crippen molar-refractivity contribution in [2.24, 2.45) is 0 Å². The zero-order chi connectivity index (χ0) is 11.3. The molecule has 0 aromatic carbocycles. The molecule has 0 saturated heterocycles. The summed E-state index contributed by atoms with van der Waals surface area (Å²) in [5.74, 6) is 0. The van der Waals surface area contributed by atoms with Crippen LogP contribution in [0.4, 0.5) is 0 Å². The summed E-state index contributed by atoms with van der Waals surface area (Å²) in [4.78, 5) is 31.2. The first-order valence-corrected chi connectivity index (χ1v) is 5.78. The van der Waals surface area contributed by atoms with Gasteiger partial charge in [-0.2, -0.15) is 0 Å². The standard InChI is InChI=1S/C9H5N3O2S.Al/c13-4-1-2-10-9-5(4)6-7(15-9)8(14)12-3-11-6;/h1-3H,(H2,10,11,12,13,14);/q;+1/p-1. The molecule has 76 valence electrons. The van der Waals surface area contributed by atoms with Gasteiger partial charge in [-0.3, -0.25) is 9.59 Å². The maximum Gasteiger partial charge on any atom is 0.325 e. The van der Waals surface area contributed by atoms with Crippen LogP contribution in [0, 0.1) is 0 Å². The molecule has 3 aromatic heterocycles. The Morgan fingerprint density at radius 2 is 2.25 bits per heavy atom. The second kappa shape index (κ2) is 3.29. The normalized spacial score (nSPS) is 11.2. The molecule has 0 fully saturated rings. The van der Waals surface area contributed by atoms with Crippen molar-refractivity contribution in [2.45, 2.75) is 0 Å². The lowest BCUT2D eigenvalue weighted by atomic mass is 10.3. The molecule has 0 bridgehead atoms. The topological polar surface area (TPSA) is 67.8 Å². The maximum absolute atomic E-state index is 11.8. The van der Waals surface area contributed by atoms with Gasteiger partial charge in [0.1, 0.15) is 15.0 Å². The third-order valence-corrected chi connectivity index (χ3v) is 3.78. The van der Waals surface area contributed by atoms with E-state index in [4.69, 9.17) is 0 Å². The van der Waals surface area contributed by atoms with Crippen LogP contribution >= 0.6 is 11.3 Å². The van der Waals surface area contributed by atoms with Crippen molar-refractivity contribution >= 4 is 48.3 Å². The lowest BCUT2D eigenvalue weighted by Crippen LogP contribution is -2.17. The van der Waals surface area contributed by atoms with E-state index in [0.29, 0.717) is 20.4 Å². The maximum atomic E-state index is 11.8. The molecule has 3 rings (SSSR count). The third-order valence-electron chi connectivity index (χ3n) is 2.32. The monoisotopic (exact) mass is 245 g/mol. The van der Waals surface area contributed by atoms with E-state index < -0.39 is 0 Å². The van der Waals surface area contributed by atoms with Crippen molar-refractivity contribution < 1.29 is 0 Å². The number of aromatic nitrogens is 3. The van der Waals surface area contributed by atoms with Crippen LogP contribution in [0.2, 0.25) is 0 Å². The van der Waals surface area contributed by atoms with E-state index in [0.717, 1.165) is 0 Å². The summed E-state index contributed by atoms with van der Waals surface area (Å²) in [6.45, 7) is 0. The number of aromatic amines is 1. The van der Waals surface area contributed by atoms with Gasteiger partial charge in [-0.25, -0.2) is 4.98 Å². The molecule has 5 nitrogen and oxygen atoms in total. The Morgan fingerprint density at radius 1 is 1.44 bits per heavy atom. The van der Waals surface area contributed by atoms with Crippen LogP contribution in [0.25, 0.3) is 20.4 Å². The van der Waals surface area contributed by atoms with E-state index >= 15 is 0 Å². The molecule has 0 aliphatic carbocycles. The highest BCUT2D eigenvalue weighted by Crippen LogP contribution is 2.25. The molecule has 3 aromatic rings. The molecule has 0 unspecified atom stereocenters. The molecule has 16 heavy (non-hydrogen) atoms. The van der Waals surface area contributed by atoms with Gasteiger partial charge in [0, 0.05) is 12.3 Å². The van der Waals surface area contributed by atoms with Crippen molar-refractivity contribution in [3.8, 4) is 0 Å². The Balaban J connectivity index is 2.73. The van der Waals surface area contributed by atoms with E-state index in [1.807, 2.05) is 0 Å². The highest BCUT2D eigenvalue weighted by atomic mass is 32.1. The van der Waals surface area contributed by atoms with Crippen LogP contribution in [0.1, 0.15) is 0 Å². The van der Waals surface area contributed by atoms with E-state index in [-0.39, 0.29) is 11.0 Å². The minimum absolute atomic E-state index is 0.117. The highest BCUT2D eigenvalue weighted by Gasteiger charge is 2.12. The van der Waals surface area contributed by atoms with E-state index in [1.54, 1.807) is 6.20 Å². The Morgan fingerprint density at radius 3 is 3.06 bits per heavy atom. The predicted molar refractivity (Wildman–Crippen MR) is 63.2 cm³/mol. The number of hydrogen-bond donors (Lipinski definition) is 1. The summed E-state index contributed by atoms with van der Waals surface area (Å²) in [6, 6.07) is 1.43. The summed E-state index contributed by atoms with van der Waals surface area (Å²) < 4.78 is 1.81. The number of H-pyrrole nitrogens is 1. The summed E-state index contributed by atoms with van der Waals surface area (Å²) >= 11 is 3.52. The number of fused-ring (bicyclic) bond motifs is 3. The van der Waals surface area contributed by atoms with Crippen LogP contribution in [0.3, 0.4) is 0 Å². The second-order valence-electron chi connectivity index (χ2n) is 3.28. The summed E-state index contributed by atoms with van der Waals surface area (Å²) in [7, 11) is 0. The summed E-state index contributed by atoms with van der Waals surface area (Å²) in [6.07, 6.45) is 2.97. The highest BCUT2D eigenvalue weighted by molar-refractivity contribution is 7.25. The fourth-order valence-corrected chi connectivity index (χ4v) is 2.95. The fraction of sp³-hybridized carbons (Fsp3) is 0. The Labute approximate surface area is 101 Å². The molecule has 0 aliphatic heterocycles. The van der Waals surface area contributed by atoms with E-state index in [1.165, 1.54) is 27.3 Å². The third kappa shape index (κ3) is 1.20. The van der Waals surface area contributed by atoms with Gasteiger partial charge in [0.25, 0.3) is 0 Å². The first kappa shape index (κ1) is 9.78. The number of nitrogens with zero attached hydrogens (tertiary/aromatic N) is 2. The lowest BCUT2D eigenvalue weighted by Gasteiger charge is -1.95. The minimum Gasteiger partial charge on any atom is -0.412 e. The number of pyridine rings is 1. The molecule has 0 amide bonds. The second-order valence-corrected chi connectivity index (χ2v) is 4.86. The quantitative estimate of drug-likeness (QED) is 0.576. The van der Waals surface area contributed by atoms with Crippen LogP contribution in [-0.2, 0) is 0 Å². The Hall–Kier alpha value is -1.42. The van der Waals surface area contributed by atoms with Gasteiger partial charge in [-0.15, -0.1) is 11.3 Å². The first-order valence-electron chi connectivity index (χ1n) is 4.45. The van der Waals surface area contributed by atoms with Crippen LogP contribution in [0.15, 0.2) is 28.2 Å². The summed E-state index contributed by atoms with van der Waals surface area (Å²) in [5.41, 5.74) is 0.197. The van der Waals surface area contributed by atoms with Gasteiger partial charge < -0.3 is 8.53 Å². The smallest absolute Gasteiger partial charge is 0.325 e. The van der Waals surface area contributed by atoms with Gasteiger partial charge >= 0.3 is 16.5 Å². The fourth-order valence-electron chi connectivity index (χ4n) is 1.59. The average Bonchev–Trinajstić information content (AvgIpc) is 2.64. The molecule has 2 radical (unpaired) electrons. The molecule has 0 atom stereocenters. The van der Waals surface area contributed by atoms with E-state index in [2.05, 4.69) is 26.5 Å². The number of hydrogen-bond acceptors (Lipinski definition) is 4. The minimum atomic E-state index is -0.163. The number of nitrogens with one attached hydrogen (secondary N) is 1. The van der Waals surface area contributed by atoms with Gasteiger partial charge in [0.05, 0.1) is 11.7 Å². The molecule has 0 aliphatic rings. The summed E-state index contributed by atoms with van der Waals surface area (Å²) in [5, 5.41) is 0.491. The average molecular weight is 245 g/mol. The zero-order valence-electron chi connectivity index (χ0n) is 7.93. The van der Waals surface area contributed by atoms with Crippen molar-refractivity contribution in [2.75, 3.05) is 0 Å². The van der Waals surface area contributed by atoms with Crippen molar-refractivity contribution in [1.29, 1.82) is 0 Å². The molecular weight excluding hydrogens is 241 g/mol. The van der Waals surface area contributed by atoms with Gasteiger partial charge in [-0.05, 0) is 0 Å². The largest absolute Gasteiger partial charge is 0.412 e. The molecule has 0 saturated carbocycles. The van der Waals surface area contributed by atoms with Crippen LogP contribution in [0.5, 0.6) is 0 Å². The first-order chi connectivity index (χ1) is 7.68. The zero-order valence-corrected chi connectivity index (χ0v) is 9.90. The Kier molecular flexibility index (Phi) is 2.01. The van der Waals surface area contributed by atoms with Crippen LogP contribution in [-0.4, -0.2) is 30.0 Å². The molecule has 0 spiro atoms. The molecule has 7 heteroatoms. The Bertz CT molecular complexity index is 817. The van der Waals surface area contributed by atoms with Crippen LogP contribution < -0.4 is 11.0 Å². The number of thiophene rings is 1. The SMILES string of the molecule is O=c1cc[nH]c2sc3c(=O)[n]([Al])cnc3c12. The van der Waals surface area contributed by atoms with Crippen molar-refractivity contribution in [3.05, 3.63) is 39.2 Å². The molecular formula is C9H4AlN3O2S.